The van der Waals surface area contributed by atoms with E-state index in [2.05, 4.69) is 29.2 Å². The molecule has 2 aromatic heterocycles. The second-order valence-electron chi connectivity index (χ2n) is 17.5. The maximum absolute atomic E-state index is 12.7. The van der Waals surface area contributed by atoms with Gasteiger partial charge in [-0.1, -0.05) is 84.9 Å². The highest BCUT2D eigenvalue weighted by molar-refractivity contribution is 5.78. The van der Waals surface area contributed by atoms with E-state index in [1.54, 1.807) is 67.7 Å². The Morgan fingerprint density at radius 3 is 1.23 bits per heavy atom. The second kappa shape index (κ2) is 26.7. The number of aliphatic carboxylic acids is 1. The minimum Gasteiger partial charge on any atom is -0.497 e. The SMILES string of the molecule is CCN(Cc1ccc(CCCc2nc(-c3ccccc3)oc2C)cc1)C(=O)Oc1ccc(OC)cc1.COc1ccc(OC(=O)N(CC(=O)O)Cc2ccc(CCCc3nc(-c4ccccc4)oc3C)cc2)cc1. The predicted octanol–water partition coefficient (Wildman–Crippen LogP) is 12.8. The third-order valence-electron chi connectivity index (χ3n) is 12.1. The molecular formula is C60H62N4O10. The van der Waals surface area contributed by atoms with Crippen LogP contribution in [0.4, 0.5) is 9.59 Å². The van der Waals surface area contributed by atoms with Gasteiger partial charge in [0.15, 0.2) is 0 Å². The van der Waals surface area contributed by atoms with Crippen LogP contribution in [0.3, 0.4) is 0 Å². The zero-order chi connectivity index (χ0) is 52.2. The Balaban J connectivity index is 0.000000217. The number of carbonyl (C=O) groups excluding carboxylic acids is 2. The number of hydrogen-bond acceptors (Lipinski definition) is 11. The van der Waals surface area contributed by atoms with Gasteiger partial charge in [-0.05, 0) is 154 Å². The van der Waals surface area contributed by atoms with Crippen LogP contribution in [-0.4, -0.2) is 70.3 Å². The number of aryl methyl sites for hydroxylation is 6. The van der Waals surface area contributed by atoms with Crippen LogP contribution in [0.5, 0.6) is 23.0 Å². The van der Waals surface area contributed by atoms with Gasteiger partial charge in [0.05, 0.1) is 25.6 Å². The van der Waals surface area contributed by atoms with Crippen molar-refractivity contribution >= 4 is 18.2 Å². The van der Waals surface area contributed by atoms with Crippen molar-refractivity contribution < 1.29 is 47.3 Å². The molecule has 8 aromatic rings. The van der Waals surface area contributed by atoms with Crippen molar-refractivity contribution in [2.75, 3.05) is 27.3 Å². The van der Waals surface area contributed by atoms with Gasteiger partial charge < -0.3 is 37.8 Å². The molecule has 0 unspecified atom stereocenters. The molecule has 0 bridgehead atoms. The average molecular weight is 999 g/mol. The Morgan fingerprint density at radius 1 is 0.486 bits per heavy atom. The Morgan fingerprint density at radius 2 is 0.851 bits per heavy atom. The summed E-state index contributed by atoms with van der Waals surface area (Å²) in [6.07, 6.45) is 4.24. The summed E-state index contributed by atoms with van der Waals surface area (Å²) in [5.74, 6) is 4.05. The highest BCUT2D eigenvalue weighted by Crippen LogP contribution is 2.25. The number of oxazole rings is 2. The molecule has 0 atom stereocenters. The minimum absolute atomic E-state index is 0.113. The fourth-order valence-electron chi connectivity index (χ4n) is 7.98. The van der Waals surface area contributed by atoms with Crippen LogP contribution in [-0.2, 0) is 43.6 Å². The maximum atomic E-state index is 12.7. The highest BCUT2D eigenvalue weighted by atomic mass is 16.6. The first-order valence-electron chi connectivity index (χ1n) is 24.6. The standard InChI is InChI=1S/C30H30N2O6.C30H32N2O4/c1-21-27(31-29(37-21)24-8-4-3-5-9-24)10-6-7-22-11-13-23(14-12-22)19-32(20-28(33)34)30(35)38-26-17-15-25(36-2)16-18-26;1-4-32(30(33)36-27-19-17-26(34-3)18-20-27)21-24-15-13-23(14-16-24)9-8-12-28-22(2)35-29(31-28)25-10-6-5-7-11-25/h3-5,8-9,11-18H,6-7,10,19-20H2,1-2H3,(H,33,34);5-7,10-11,13-20H,4,8-9,12,21H2,1-3H3. The van der Waals surface area contributed by atoms with Crippen LogP contribution in [0.25, 0.3) is 22.9 Å². The first-order valence-corrected chi connectivity index (χ1v) is 24.6. The fraction of sp³-hybridized carbons (Fsp3) is 0.250. The number of nitrogens with zero attached hydrogens (tertiary/aromatic N) is 4. The van der Waals surface area contributed by atoms with Gasteiger partial charge in [-0.25, -0.2) is 19.6 Å². The Kier molecular flexibility index (Phi) is 19.2. The zero-order valence-electron chi connectivity index (χ0n) is 42.5. The van der Waals surface area contributed by atoms with Crippen LogP contribution < -0.4 is 18.9 Å². The molecule has 0 fully saturated rings. The molecule has 0 aliphatic heterocycles. The molecule has 0 spiro atoms. The van der Waals surface area contributed by atoms with Crippen LogP contribution >= 0.6 is 0 Å². The molecule has 2 amide bonds. The van der Waals surface area contributed by atoms with E-state index in [1.165, 1.54) is 5.56 Å². The van der Waals surface area contributed by atoms with Gasteiger partial charge in [0, 0.05) is 30.8 Å². The number of aromatic nitrogens is 2. The predicted molar refractivity (Wildman–Crippen MR) is 282 cm³/mol. The highest BCUT2D eigenvalue weighted by Gasteiger charge is 2.21. The van der Waals surface area contributed by atoms with E-state index in [4.69, 9.17) is 32.8 Å². The number of carbonyl (C=O) groups is 3. The lowest BCUT2D eigenvalue weighted by atomic mass is 10.0. The van der Waals surface area contributed by atoms with Crippen molar-refractivity contribution in [3.05, 3.63) is 203 Å². The molecule has 0 radical (unpaired) electrons. The van der Waals surface area contributed by atoms with E-state index >= 15 is 0 Å². The summed E-state index contributed by atoms with van der Waals surface area (Å²) in [6.45, 7) is 6.54. The molecule has 382 valence electrons. The molecular weight excluding hydrogens is 937 g/mol. The molecule has 0 aliphatic carbocycles. The lowest BCUT2D eigenvalue weighted by Crippen LogP contribution is -2.37. The molecule has 6 aromatic carbocycles. The van der Waals surface area contributed by atoms with Crippen LogP contribution in [0.2, 0.25) is 0 Å². The Bertz CT molecular complexity index is 3010. The van der Waals surface area contributed by atoms with Crippen LogP contribution in [0.15, 0.2) is 167 Å². The van der Waals surface area contributed by atoms with Crippen molar-refractivity contribution in [2.45, 2.75) is 72.4 Å². The molecule has 1 N–H and O–H groups in total. The second-order valence-corrected chi connectivity index (χ2v) is 17.5. The topological polar surface area (TPSA) is 167 Å². The molecule has 0 saturated carbocycles. The van der Waals surface area contributed by atoms with E-state index in [0.717, 1.165) is 99.9 Å². The van der Waals surface area contributed by atoms with Crippen molar-refractivity contribution in [3.63, 3.8) is 0 Å². The van der Waals surface area contributed by atoms with Gasteiger partial charge in [-0.2, -0.15) is 0 Å². The van der Waals surface area contributed by atoms with E-state index in [0.29, 0.717) is 42.1 Å². The van der Waals surface area contributed by atoms with Crippen molar-refractivity contribution in [3.8, 4) is 45.9 Å². The largest absolute Gasteiger partial charge is 0.497 e. The van der Waals surface area contributed by atoms with Crippen molar-refractivity contribution in [1.82, 2.24) is 19.8 Å². The maximum Gasteiger partial charge on any atom is 0.416 e. The molecule has 14 nitrogen and oxygen atoms in total. The monoisotopic (exact) mass is 998 g/mol. The number of ether oxygens (including phenoxy) is 4. The van der Waals surface area contributed by atoms with Gasteiger partial charge in [0.1, 0.15) is 41.1 Å². The number of methoxy groups -OCH3 is 2. The molecule has 74 heavy (non-hydrogen) atoms. The first-order chi connectivity index (χ1) is 36.0. The van der Waals surface area contributed by atoms with Gasteiger partial charge >= 0.3 is 18.2 Å². The third kappa shape index (κ3) is 15.7. The van der Waals surface area contributed by atoms with E-state index in [9.17, 15) is 19.5 Å². The van der Waals surface area contributed by atoms with Crippen LogP contribution in [0, 0.1) is 13.8 Å². The lowest BCUT2D eigenvalue weighted by Gasteiger charge is -2.20. The summed E-state index contributed by atoms with van der Waals surface area (Å²) in [4.78, 5) is 48.8. The number of rotatable bonds is 21. The van der Waals surface area contributed by atoms with Gasteiger partial charge in [-0.3, -0.25) is 9.69 Å². The summed E-state index contributed by atoms with van der Waals surface area (Å²) in [6, 6.07) is 49.5. The molecule has 14 heteroatoms. The lowest BCUT2D eigenvalue weighted by molar-refractivity contribution is -0.138. The zero-order valence-corrected chi connectivity index (χ0v) is 42.5. The van der Waals surface area contributed by atoms with E-state index in [-0.39, 0.29) is 12.6 Å². The summed E-state index contributed by atoms with van der Waals surface area (Å²) < 4.78 is 32.8. The molecule has 0 aliphatic rings. The first kappa shape index (κ1) is 53.2. The minimum atomic E-state index is -1.12. The van der Waals surface area contributed by atoms with Crippen LogP contribution in [0.1, 0.15) is 64.9 Å². The van der Waals surface area contributed by atoms with Gasteiger partial charge in [0.25, 0.3) is 0 Å². The van der Waals surface area contributed by atoms with Crippen molar-refractivity contribution in [1.29, 1.82) is 0 Å². The molecule has 2 heterocycles. The van der Waals surface area contributed by atoms with Gasteiger partial charge in [0.2, 0.25) is 11.8 Å². The van der Waals surface area contributed by atoms with Crippen molar-refractivity contribution in [2.24, 2.45) is 0 Å². The summed E-state index contributed by atoms with van der Waals surface area (Å²) in [5, 5.41) is 9.29. The summed E-state index contributed by atoms with van der Waals surface area (Å²) in [7, 11) is 3.14. The summed E-state index contributed by atoms with van der Waals surface area (Å²) in [5.41, 5.74) is 8.20. The quantitative estimate of drug-likeness (QED) is 0.0725. The smallest absolute Gasteiger partial charge is 0.416 e. The Labute approximate surface area is 432 Å². The summed E-state index contributed by atoms with van der Waals surface area (Å²) >= 11 is 0. The van der Waals surface area contributed by atoms with E-state index < -0.39 is 18.6 Å². The Hall–Kier alpha value is -8.65. The molecule has 0 saturated heterocycles. The number of carboxylic acids is 1. The normalized spacial score (nSPS) is 10.7. The number of benzene rings is 6. The fourth-order valence-corrected chi connectivity index (χ4v) is 7.98. The number of amides is 2. The number of carboxylic acid groups (broad SMARTS) is 1. The average Bonchev–Trinajstić information content (AvgIpc) is 4.00. The number of hydrogen-bond donors (Lipinski definition) is 1. The third-order valence-corrected chi connectivity index (χ3v) is 12.1. The van der Waals surface area contributed by atoms with Gasteiger partial charge in [-0.15, -0.1) is 0 Å². The molecule has 8 rings (SSSR count). The van der Waals surface area contributed by atoms with E-state index in [1.807, 2.05) is 106 Å².